The lowest BCUT2D eigenvalue weighted by atomic mass is 10.2. The number of aryl methyl sites for hydroxylation is 1. The van der Waals surface area contributed by atoms with E-state index in [4.69, 9.17) is 4.74 Å². The molecule has 0 bridgehead atoms. The Labute approximate surface area is 121 Å². The average molecular weight is 331 g/mol. The number of nitrogens with zero attached hydrogens (tertiary/aromatic N) is 2. The van der Waals surface area contributed by atoms with Crippen LogP contribution in [0.5, 0.6) is 0 Å². The van der Waals surface area contributed by atoms with Crippen LogP contribution >= 0.6 is 15.9 Å². The number of hydrogen-bond acceptors (Lipinski definition) is 3. The van der Waals surface area contributed by atoms with Gasteiger partial charge in [0.05, 0.1) is 25.4 Å². The van der Waals surface area contributed by atoms with Crippen LogP contribution in [-0.4, -0.2) is 52.4 Å². The topological polar surface area (TPSA) is 54.7 Å². The predicted octanol–water partition coefficient (Wildman–Crippen LogP) is 1.49. The zero-order valence-electron chi connectivity index (χ0n) is 11.2. The Morgan fingerprint density at radius 1 is 1.63 bits per heavy atom. The minimum absolute atomic E-state index is 0.0122. The fourth-order valence-corrected chi connectivity index (χ4v) is 2.74. The van der Waals surface area contributed by atoms with Crippen LogP contribution in [0.15, 0.2) is 16.7 Å². The molecule has 2 rings (SSSR count). The first-order chi connectivity index (χ1) is 9.06. The molecule has 1 saturated heterocycles. The summed E-state index contributed by atoms with van der Waals surface area (Å²) >= 11 is 3.40. The van der Waals surface area contributed by atoms with Crippen molar-refractivity contribution in [1.29, 1.82) is 0 Å². The summed E-state index contributed by atoms with van der Waals surface area (Å²) in [6.45, 7) is 5.54. The Balaban J connectivity index is 2.21. The van der Waals surface area contributed by atoms with Crippen molar-refractivity contribution in [2.45, 2.75) is 32.5 Å². The number of aliphatic hydroxyl groups excluding tert-OH is 1. The van der Waals surface area contributed by atoms with E-state index in [1.54, 1.807) is 4.90 Å². The van der Waals surface area contributed by atoms with E-state index < -0.39 is 0 Å². The lowest BCUT2D eigenvalue weighted by Crippen LogP contribution is -2.52. The van der Waals surface area contributed by atoms with Crippen LogP contribution in [0.3, 0.4) is 0 Å². The van der Waals surface area contributed by atoms with Gasteiger partial charge in [-0.25, -0.2) is 0 Å². The summed E-state index contributed by atoms with van der Waals surface area (Å²) in [5.41, 5.74) is 0.666. The van der Waals surface area contributed by atoms with Crippen LogP contribution in [0.4, 0.5) is 0 Å². The summed E-state index contributed by atoms with van der Waals surface area (Å²) in [6.07, 6.45) is 1.62. The Hall–Kier alpha value is -0.850. The fraction of sp³-hybridized carbons (Fsp3) is 0.615. The number of rotatable bonds is 3. The van der Waals surface area contributed by atoms with E-state index in [1.165, 1.54) is 0 Å². The maximum atomic E-state index is 12.6. The normalized spacial score (nSPS) is 23.7. The third-order valence-electron chi connectivity index (χ3n) is 3.39. The van der Waals surface area contributed by atoms with Gasteiger partial charge in [-0.05, 0) is 35.8 Å². The number of ether oxygens (including phenoxy) is 1. The highest BCUT2D eigenvalue weighted by atomic mass is 79.9. The fourth-order valence-electron chi connectivity index (χ4n) is 2.27. The summed E-state index contributed by atoms with van der Waals surface area (Å²) in [7, 11) is 0. The zero-order chi connectivity index (χ0) is 14.0. The Bertz CT molecular complexity index is 461. The molecule has 1 aliphatic rings. The van der Waals surface area contributed by atoms with Crippen LogP contribution in [0.25, 0.3) is 0 Å². The molecule has 2 atom stereocenters. The molecular formula is C13H19BrN2O3. The Morgan fingerprint density at radius 2 is 2.37 bits per heavy atom. The summed E-state index contributed by atoms with van der Waals surface area (Å²) in [6, 6.07) is 1.86. The van der Waals surface area contributed by atoms with Gasteiger partial charge in [-0.15, -0.1) is 0 Å². The van der Waals surface area contributed by atoms with Gasteiger partial charge < -0.3 is 19.3 Å². The van der Waals surface area contributed by atoms with Gasteiger partial charge in [-0.3, -0.25) is 4.79 Å². The van der Waals surface area contributed by atoms with Crippen LogP contribution in [0.1, 0.15) is 24.3 Å². The monoisotopic (exact) mass is 330 g/mol. The molecule has 19 heavy (non-hydrogen) atoms. The third kappa shape index (κ3) is 3.01. The second kappa shape index (κ2) is 6.07. The molecule has 1 aromatic rings. The number of halogens is 1. The number of aromatic nitrogens is 1. The van der Waals surface area contributed by atoms with Crippen molar-refractivity contribution in [3.8, 4) is 0 Å². The van der Waals surface area contributed by atoms with Gasteiger partial charge in [0.2, 0.25) is 0 Å². The van der Waals surface area contributed by atoms with Crippen LogP contribution in [0, 0.1) is 0 Å². The van der Waals surface area contributed by atoms with E-state index in [0.29, 0.717) is 18.8 Å². The van der Waals surface area contributed by atoms with Crippen molar-refractivity contribution < 1.29 is 14.6 Å². The first kappa shape index (κ1) is 14.6. The average Bonchev–Trinajstić information content (AvgIpc) is 2.79. The summed E-state index contributed by atoms with van der Waals surface area (Å²) < 4.78 is 8.28. The van der Waals surface area contributed by atoms with Gasteiger partial charge in [0.1, 0.15) is 5.69 Å². The minimum Gasteiger partial charge on any atom is -0.394 e. The SMILES string of the molecule is CCn1cc(Br)cc1C(=O)N1CC(CO)OCC1C. The van der Waals surface area contributed by atoms with Crippen LogP contribution < -0.4 is 0 Å². The van der Waals surface area contributed by atoms with Crippen molar-refractivity contribution in [2.75, 3.05) is 19.8 Å². The maximum Gasteiger partial charge on any atom is 0.270 e. The molecule has 6 heteroatoms. The van der Waals surface area contributed by atoms with Crippen molar-refractivity contribution in [3.05, 3.63) is 22.4 Å². The van der Waals surface area contributed by atoms with E-state index in [-0.39, 0.29) is 24.7 Å². The highest BCUT2D eigenvalue weighted by molar-refractivity contribution is 9.10. The molecule has 2 unspecified atom stereocenters. The van der Waals surface area contributed by atoms with Crippen molar-refractivity contribution >= 4 is 21.8 Å². The van der Waals surface area contributed by atoms with Gasteiger partial charge in [-0.1, -0.05) is 0 Å². The molecular weight excluding hydrogens is 312 g/mol. The number of amides is 1. The summed E-state index contributed by atoms with van der Waals surface area (Å²) in [5.74, 6) is -0.0122. The third-order valence-corrected chi connectivity index (χ3v) is 3.83. The number of carbonyl (C=O) groups is 1. The van der Waals surface area contributed by atoms with E-state index in [9.17, 15) is 9.90 Å². The molecule has 0 radical (unpaired) electrons. The zero-order valence-corrected chi connectivity index (χ0v) is 12.8. The Morgan fingerprint density at radius 3 is 3.00 bits per heavy atom. The molecule has 1 aromatic heterocycles. The van der Waals surface area contributed by atoms with E-state index in [1.807, 2.05) is 30.7 Å². The van der Waals surface area contributed by atoms with E-state index in [2.05, 4.69) is 15.9 Å². The highest BCUT2D eigenvalue weighted by Gasteiger charge is 2.31. The molecule has 1 fully saturated rings. The van der Waals surface area contributed by atoms with Gasteiger partial charge in [0.25, 0.3) is 5.91 Å². The molecule has 0 spiro atoms. The maximum absolute atomic E-state index is 12.6. The molecule has 106 valence electrons. The highest BCUT2D eigenvalue weighted by Crippen LogP contribution is 2.20. The molecule has 5 nitrogen and oxygen atoms in total. The molecule has 0 saturated carbocycles. The molecule has 1 N–H and O–H groups in total. The van der Waals surface area contributed by atoms with Crippen molar-refractivity contribution in [2.24, 2.45) is 0 Å². The van der Waals surface area contributed by atoms with Gasteiger partial charge in [0.15, 0.2) is 0 Å². The molecule has 0 aliphatic carbocycles. The Kier molecular flexibility index (Phi) is 4.65. The first-order valence-electron chi connectivity index (χ1n) is 6.46. The summed E-state index contributed by atoms with van der Waals surface area (Å²) in [4.78, 5) is 14.4. The minimum atomic E-state index is -0.284. The lowest BCUT2D eigenvalue weighted by molar-refractivity contribution is -0.0669. The molecule has 1 aliphatic heterocycles. The largest absolute Gasteiger partial charge is 0.394 e. The van der Waals surface area contributed by atoms with E-state index in [0.717, 1.165) is 11.0 Å². The van der Waals surface area contributed by atoms with Gasteiger partial charge in [-0.2, -0.15) is 0 Å². The molecule has 1 amide bonds. The predicted molar refractivity (Wildman–Crippen MR) is 75.1 cm³/mol. The first-order valence-corrected chi connectivity index (χ1v) is 7.25. The quantitative estimate of drug-likeness (QED) is 0.913. The summed E-state index contributed by atoms with van der Waals surface area (Å²) in [5, 5.41) is 9.18. The van der Waals surface area contributed by atoms with Gasteiger partial charge in [0, 0.05) is 23.8 Å². The number of aliphatic hydroxyl groups is 1. The van der Waals surface area contributed by atoms with Crippen molar-refractivity contribution in [1.82, 2.24) is 9.47 Å². The number of hydrogen-bond donors (Lipinski definition) is 1. The molecule has 2 heterocycles. The van der Waals surface area contributed by atoms with Crippen LogP contribution in [0.2, 0.25) is 0 Å². The number of carbonyl (C=O) groups excluding carboxylic acids is 1. The number of morpholine rings is 1. The van der Waals surface area contributed by atoms with E-state index >= 15 is 0 Å². The second-order valence-electron chi connectivity index (χ2n) is 4.77. The smallest absolute Gasteiger partial charge is 0.270 e. The second-order valence-corrected chi connectivity index (χ2v) is 5.69. The van der Waals surface area contributed by atoms with Crippen molar-refractivity contribution in [3.63, 3.8) is 0 Å². The van der Waals surface area contributed by atoms with Gasteiger partial charge >= 0.3 is 0 Å². The lowest BCUT2D eigenvalue weighted by Gasteiger charge is -2.37. The standard InChI is InChI=1S/C13H19BrN2O3/c1-3-15-5-10(14)4-12(15)13(18)16-6-11(7-17)19-8-9(16)2/h4-5,9,11,17H,3,6-8H2,1-2H3. The van der Waals surface area contributed by atoms with Crippen LogP contribution in [-0.2, 0) is 11.3 Å². The molecule has 0 aromatic carbocycles.